The third kappa shape index (κ3) is 1.42. The molecule has 14 heavy (non-hydrogen) atoms. The van der Waals surface area contributed by atoms with Gasteiger partial charge in [0.2, 0.25) is 0 Å². The molecule has 0 aliphatic rings. The van der Waals surface area contributed by atoms with Gasteiger partial charge in [-0.05, 0) is 19.1 Å². The van der Waals surface area contributed by atoms with Crippen LogP contribution in [0.5, 0.6) is 0 Å². The summed E-state index contributed by atoms with van der Waals surface area (Å²) < 4.78 is 4.98. The summed E-state index contributed by atoms with van der Waals surface area (Å²) >= 11 is 0. The van der Waals surface area contributed by atoms with Gasteiger partial charge in [-0.1, -0.05) is 11.2 Å². The van der Waals surface area contributed by atoms with Crippen LogP contribution in [0.25, 0.3) is 11.5 Å². The molecule has 4 heteroatoms. The number of pyridine rings is 1. The van der Waals surface area contributed by atoms with E-state index >= 15 is 0 Å². The van der Waals surface area contributed by atoms with E-state index in [0.717, 1.165) is 0 Å². The Morgan fingerprint density at radius 1 is 1.43 bits per heavy atom. The summed E-state index contributed by atoms with van der Waals surface area (Å²) in [6, 6.07) is 5.40. The smallest absolute Gasteiger partial charge is 0.195 e. The largest absolute Gasteiger partial charge is 0.354 e. The van der Waals surface area contributed by atoms with E-state index in [2.05, 4.69) is 10.1 Å². The zero-order valence-electron chi connectivity index (χ0n) is 7.60. The third-order valence-electron chi connectivity index (χ3n) is 1.85. The molecule has 2 aromatic rings. The number of carbonyl (C=O) groups excluding carboxylic acids is 1. The Morgan fingerprint density at radius 3 is 2.93 bits per heavy atom. The molecule has 0 N–H and O–H groups in total. The molecule has 0 bridgehead atoms. The fourth-order valence-corrected chi connectivity index (χ4v) is 1.17. The molecule has 0 unspecified atom stereocenters. The lowest BCUT2D eigenvalue weighted by atomic mass is 10.1. The average molecular weight is 188 g/mol. The Bertz CT molecular complexity index is 448. The molecule has 2 aromatic heterocycles. The maximum atomic E-state index is 11.2. The molecule has 70 valence electrons. The lowest BCUT2D eigenvalue weighted by Crippen LogP contribution is -1.92. The Morgan fingerprint density at radius 2 is 2.29 bits per heavy atom. The minimum atomic E-state index is -0.0769. The second kappa shape index (κ2) is 3.41. The van der Waals surface area contributed by atoms with Crippen molar-refractivity contribution < 1.29 is 9.32 Å². The third-order valence-corrected chi connectivity index (χ3v) is 1.85. The van der Waals surface area contributed by atoms with Crippen molar-refractivity contribution in [3.63, 3.8) is 0 Å². The monoisotopic (exact) mass is 188 g/mol. The Labute approximate surface area is 80.6 Å². The lowest BCUT2D eigenvalue weighted by molar-refractivity contribution is 0.101. The van der Waals surface area contributed by atoms with Crippen LogP contribution in [0, 0.1) is 0 Å². The molecule has 2 rings (SSSR count). The van der Waals surface area contributed by atoms with Crippen molar-refractivity contribution in [3.8, 4) is 11.5 Å². The maximum absolute atomic E-state index is 11.2. The van der Waals surface area contributed by atoms with Gasteiger partial charge in [-0.2, -0.15) is 0 Å². The van der Waals surface area contributed by atoms with Gasteiger partial charge in [-0.15, -0.1) is 0 Å². The topological polar surface area (TPSA) is 56.0 Å². The summed E-state index contributed by atoms with van der Waals surface area (Å²) in [4.78, 5) is 15.3. The fourth-order valence-electron chi connectivity index (χ4n) is 1.17. The van der Waals surface area contributed by atoms with E-state index in [4.69, 9.17) is 4.52 Å². The van der Waals surface area contributed by atoms with Gasteiger partial charge in [0.25, 0.3) is 0 Å². The van der Waals surface area contributed by atoms with Crippen molar-refractivity contribution in [1.29, 1.82) is 0 Å². The first-order chi connectivity index (χ1) is 6.79. The van der Waals surface area contributed by atoms with Crippen molar-refractivity contribution >= 4 is 5.78 Å². The van der Waals surface area contributed by atoms with Gasteiger partial charge >= 0.3 is 0 Å². The molecule has 0 radical (unpaired) electrons. The zero-order valence-corrected chi connectivity index (χ0v) is 7.60. The van der Waals surface area contributed by atoms with Gasteiger partial charge in [0.05, 0.1) is 11.8 Å². The number of hydrogen-bond acceptors (Lipinski definition) is 4. The number of hydrogen-bond donors (Lipinski definition) is 0. The van der Waals surface area contributed by atoms with Crippen LogP contribution in [0.4, 0.5) is 0 Å². The number of nitrogens with zero attached hydrogens (tertiary/aromatic N) is 2. The van der Waals surface area contributed by atoms with E-state index in [9.17, 15) is 4.79 Å². The van der Waals surface area contributed by atoms with Gasteiger partial charge in [0.1, 0.15) is 5.69 Å². The van der Waals surface area contributed by atoms with Crippen LogP contribution in [0.1, 0.15) is 17.3 Å². The molecule has 0 aliphatic heterocycles. The van der Waals surface area contributed by atoms with Gasteiger partial charge in [0, 0.05) is 6.20 Å². The Balaban J connectivity index is 2.52. The summed E-state index contributed by atoms with van der Waals surface area (Å²) in [7, 11) is 0. The van der Waals surface area contributed by atoms with Crippen molar-refractivity contribution in [1.82, 2.24) is 10.1 Å². The van der Waals surface area contributed by atoms with Crippen molar-refractivity contribution in [2.24, 2.45) is 0 Å². The van der Waals surface area contributed by atoms with Crippen LogP contribution in [0.2, 0.25) is 0 Å². The van der Waals surface area contributed by atoms with Gasteiger partial charge in [0.15, 0.2) is 11.5 Å². The van der Waals surface area contributed by atoms with Crippen LogP contribution in [0.15, 0.2) is 35.1 Å². The van der Waals surface area contributed by atoms with E-state index in [1.165, 1.54) is 13.1 Å². The van der Waals surface area contributed by atoms with Crippen LogP contribution < -0.4 is 0 Å². The molecule has 0 amide bonds. The number of carbonyl (C=O) groups is 1. The van der Waals surface area contributed by atoms with Crippen LogP contribution in [0.3, 0.4) is 0 Å². The minimum Gasteiger partial charge on any atom is -0.354 e. The molecule has 0 aromatic carbocycles. The number of ketones is 1. The van der Waals surface area contributed by atoms with E-state index in [0.29, 0.717) is 17.0 Å². The minimum absolute atomic E-state index is 0.0769. The highest BCUT2D eigenvalue weighted by atomic mass is 16.5. The molecule has 0 saturated carbocycles. The predicted molar refractivity (Wildman–Crippen MR) is 49.7 cm³/mol. The van der Waals surface area contributed by atoms with Crippen molar-refractivity contribution in [2.75, 3.05) is 0 Å². The highest BCUT2D eigenvalue weighted by Gasteiger charge is 2.14. The lowest BCUT2D eigenvalue weighted by Gasteiger charge is -1.95. The molecule has 4 nitrogen and oxygen atoms in total. The summed E-state index contributed by atoms with van der Waals surface area (Å²) in [5.74, 6) is 0.352. The van der Waals surface area contributed by atoms with E-state index in [1.54, 1.807) is 18.3 Å². The normalized spacial score (nSPS) is 10.1. The Hall–Kier alpha value is -1.97. The van der Waals surface area contributed by atoms with Gasteiger partial charge in [-0.25, -0.2) is 0 Å². The maximum Gasteiger partial charge on any atom is 0.195 e. The molecule has 0 spiro atoms. The Kier molecular flexibility index (Phi) is 2.10. The molecule has 2 heterocycles. The first kappa shape index (κ1) is 8.62. The highest BCUT2D eigenvalue weighted by Crippen LogP contribution is 2.20. The molecule has 0 fully saturated rings. The summed E-state index contributed by atoms with van der Waals surface area (Å²) in [5, 5.41) is 3.58. The molecule has 0 atom stereocenters. The number of aromatic nitrogens is 2. The number of rotatable bonds is 2. The standard InChI is InChI=1S/C10H8N2O2/c1-7(13)8-6-12-14-10(8)9-4-2-3-5-11-9/h2-6H,1H3. The molecular weight excluding hydrogens is 180 g/mol. The van der Waals surface area contributed by atoms with Crippen LogP contribution in [-0.4, -0.2) is 15.9 Å². The first-order valence-corrected chi connectivity index (χ1v) is 4.16. The van der Waals surface area contributed by atoms with Gasteiger partial charge < -0.3 is 4.52 Å². The van der Waals surface area contributed by atoms with E-state index < -0.39 is 0 Å². The van der Waals surface area contributed by atoms with Gasteiger partial charge in [-0.3, -0.25) is 9.78 Å². The zero-order chi connectivity index (χ0) is 9.97. The first-order valence-electron chi connectivity index (χ1n) is 4.16. The van der Waals surface area contributed by atoms with Crippen molar-refractivity contribution in [2.45, 2.75) is 6.92 Å². The highest BCUT2D eigenvalue weighted by molar-refractivity contribution is 5.98. The molecule has 0 aliphatic carbocycles. The van der Waals surface area contributed by atoms with Crippen LogP contribution >= 0.6 is 0 Å². The average Bonchev–Trinajstić information content (AvgIpc) is 2.67. The van der Waals surface area contributed by atoms with Crippen LogP contribution in [-0.2, 0) is 0 Å². The second-order valence-electron chi connectivity index (χ2n) is 2.84. The quantitative estimate of drug-likeness (QED) is 0.676. The summed E-state index contributed by atoms with van der Waals surface area (Å²) in [5.41, 5.74) is 1.08. The predicted octanol–water partition coefficient (Wildman–Crippen LogP) is 1.94. The fraction of sp³-hybridized carbons (Fsp3) is 0.100. The second-order valence-corrected chi connectivity index (χ2v) is 2.84. The summed E-state index contributed by atoms with van der Waals surface area (Å²) in [6.45, 7) is 1.47. The van der Waals surface area contributed by atoms with E-state index in [-0.39, 0.29) is 5.78 Å². The molecular formula is C10H8N2O2. The molecule has 0 saturated heterocycles. The van der Waals surface area contributed by atoms with Crippen molar-refractivity contribution in [3.05, 3.63) is 36.2 Å². The van der Waals surface area contributed by atoms with E-state index in [1.807, 2.05) is 6.07 Å². The SMILES string of the molecule is CC(=O)c1cnoc1-c1ccccn1. The number of Topliss-reactive ketones (excluding diaryl/α,β-unsaturated/α-hetero) is 1. The summed E-state index contributed by atoms with van der Waals surface area (Å²) in [6.07, 6.45) is 3.05.